The van der Waals surface area contributed by atoms with Crippen molar-refractivity contribution >= 4 is 11.3 Å². The molecule has 5 heteroatoms. The maximum atomic E-state index is 13.7. The molecule has 0 N–H and O–H groups in total. The molecule has 0 bridgehead atoms. The van der Waals surface area contributed by atoms with Gasteiger partial charge in [-0.2, -0.15) is 0 Å². The number of nitrogens with zero attached hydrogens (tertiary/aromatic N) is 3. The van der Waals surface area contributed by atoms with E-state index in [4.69, 9.17) is 0 Å². The van der Waals surface area contributed by atoms with Gasteiger partial charge in [0.1, 0.15) is 5.82 Å². The van der Waals surface area contributed by atoms with E-state index in [-0.39, 0.29) is 11.9 Å². The van der Waals surface area contributed by atoms with Crippen LogP contribution in [0, 0.1) is 12.7 Å². The summed E-state index contributed by atoms with van der Waals surface area (Å²) in [7, 11) is 2.06. The minimum Gasteiger partial charge on any atom is -0.294 e. The Bertz CT molecular complexity index is 788. The van der Waals surface area contributed by atoms with Gasteiger partial charge >= 0.3 is 0 Å². The van der Waals surface area contributed by atoms with E-state index in [1.165, 1.54) is 10.9 Å². The minimum atomic E-state index is -0.222. The molecule has 0 aliphatic carbocycles. The lowest BCUT2D eigenvalue weighted by Gasteiger charge is -2.28. The summed E-state index contributed by atoms with van der Waals surface area (Å²) in [6, 6.07) is 12.5. The Morgan fingerprint density at radius 2 is 2.04 bits per heavy atom. The molecule has 3 rings (SSSR count). The van der Waals surface area contributed by atoms with Gasteiger partial charge in [-0.25, -0.2) is 9.37 Å². The fourth-order valence-electron chi connectivity index (χ4n) is 2.84. The molecule has 0 amide bonds. The summed E-state index contributed by atoms with van der Waals surface area (Å²) < 4.78 is 13.7. The van der Waals surface area contributed by atoms with E-state index in [1.54, 1.807) is 29.7 Å². The van der Waals surface area contributed by atoms with Gasteiger partial charge in [0.25, 0.3) is 0 Å². The topological polar surface area (TPSA) is 29.0 Å². The highest BCUT2D eigenvalue weighted by Gasteiger charge is 2.21. The number of thiazole rings is 1. The molecule has 3 aromatic rings. The van der Waals surface area contributed by atoms with E-state index in [0.717, 1.165) is 29.9 Å². The van der Waals surface area contributed by atoms with Gasteiger partial charge in [0.2, 0.25) is 0 Å². The molecular formula is C19H20FN3S. The molecule has 124 valence electrons. The molecule has 0 aliphatic heterocycles. The van der Waals surface area contributed by atoms with Gasteiger partial charge in [0.05, 0.1) is 22.9 Å². The fourth-order valence-corrected chi connectivity index (χ4v) is 3.61. The van der Waals surface area contributed by atoms with Gasteiger partial charge in [0, 0.05) is 17.6 Å². The smallest absolute Gasteiger partial charge is 0.123 e. The molecule has 0 radical (unpaired) electrons. The number of rotatable bonds is 6. The van der Waals surface area contributed by atoms with Crippen molar-refractivity contribution in [1.29, 1.82) is 0 Å². The quantitative estimate of drug-likeness (QED) is 0.671. The number of hydrogen-bond donors (Lipinski definition) is 0. The zero-order chi connectivity index (χ0) is 16.9. The van der Waals surface area contributed by atoms with Crippen LogP contribution in [0.1, 0.15) is 27.9 Å². The summed E-state index contributed by atoms with van der Waals surface area (Å²) in [5.41, 5.74) is 4.81. The highest BCUT2D eigenvalue weighted by molar-refractivity contribution is 7.09. The number of aromatic nitrogens is 2. The third kappa shape index (κ3) is 3.86. The summed E-state index contributed by atoms with van der Waals surface area (Å²) in [4.78, 5) is 12.3. The molecule has 0 saturated carbocycles. The Morgan fingerprint density at radius 3 is 2.71 bits per heavy atom. The summed E-state index contributed by atoms with van der Waals surface area (Å²) in [6.45, 7) is 2.88. The largest absolute Gasteiger partial charge is 0.294 e. The lowest BCUT2D eigenvalue weighted by Crippen LogP contribution is -2.28. The molecule has 0 aliphatic rings. The first-order valence-corrected chi connectivity index (χ1v) is 8.78. The number of benzene rings is 1. The second-order valence-electron chi connectivity index (χ2n) is 5.80. The van der Waals surface area contributed by atoms with Gasteiger partial charge in [-0.15, -0.1) is 11.3 Å². The van der Waals surface area contributed by atoms with E-state index >= 15 is 0 Å². The van der Waals surface area contributed by atoms with Crippen molar-refractivity contribution in [3.63, 3.8) is 0 Å². The maximum Gasteiger partial charge on any atom is 0.123 e. The van der Waals surface area contributed by atoms with Crippen LogP contribution in [0.4, 0.5) is 4.39 Å². The Morgan fingerprint density at radius 1 is 1.17 bits per heavy atom. The second kappa shape index (κ2) is 7.64. The van der Waals surface area contributed by atoms with Crippen molar-refractivity contribution in [2.45, 2.75) is 19.4 Å². The van der Waals surface area contributed by atoms with E-state index in [0.29, 0.717) is 0 Å². The Balaban J connectivity index is 1.85. The molecule has 0 spiro atoms. The first-order chi connectivity index (χ1) is 11.6. The average Bonchev–Trinajstić information content (AvgIpc) is 2.99. The van der Waals surface area contributed by atoms with Gasteiger partial charge in [-0.3, -0.25) is 9.88 Å². The number of aryl methyl sites for hydroxylation is 1. The van der Waals surface area contributed by atoms with E-state index in [9.17, 15) is 4.39 Å². The predicted molar refractivity (Wildman–Crippen MR) is 95.7 cm³/mol. The van der Waals surface area contributed by atoms with Crippen LogP contribution in [-0.4, -0.2) is 28.5 Å². The number of likely N-dealkylation sites (N-methyl/N-ethyl adjacent to an activating group) is 1. The normalized spacial score (nSPS) is 12.5. The molecule has 24 heavy (non-hydrogen) atoms. The third-order valence-electron chi connectivity index (χ3n) is 4.11. The monoisotopic (exact) mass is 341 g/mol. The van der Waals surface area contributed by atoms with Crippen LogP contribution in [0.15, 0.2) is 54.2 Å². The molecule has 1 unspecified atom stereocenters. The maximum absolute atomic E-state index is 13.7. The number of hydrogen-bond acceptors (Lipinski definition) is 4. The highest BCUT2D eigenvalue weighted by Crippen LogP contribution is 2.27. The zero-order valence-corrected chi connectivity index (χ0v) is 14.6. The van der Waals surface area contributed by atoms with Crippen molar-refractivity contribution in [3.8, 4) is 0 Å². The van der Waals surface area contributed by atoms with Crippen LogP contribution < -0.4 is 0 Å². The molecule has 0 fully saturated rings. The Kier molecular flexibility index (Phi) is 5.33. The number of pyridine rings is 1. The van der Waals surface area contributed by atoms with E-state index in [2.05, 4.69) is 21.9 Å². The van der Waals surface area contributed by atoms with Crippen LogP contribution in [0.25, 0.3) is 0 Å². The van der Waals surface area contributed by atoms with Crippen LogP contribution in [0.5, 0.6) is 0 Å². The Labute approximate surface area is 145 Å². The second-order valence-corrected chi connectivity index (χ2v) is 6.74. The molecular weight excluding hydrogens is 321 g/mol. The summed E-state index contributed by atoms with van der Waals surface area (Å²) >= 11 is 1.68. The van der Waals surface area contributed by atoms with Crippen LogP contribution in [-0.2, 0) is 6.42 Å². The highest BCUT2D eigenvalue weighted by atomic mass is 32.1. The SMILES string of the molecule is Cc1ncsc1CCN(C)C(c1cccc(F)c1)c1ccccn1. The number of halogens is 1. The van der Waals surface area contributed by atoms with Crippen LogP contribution in [0.2, 0.25) is 0 Å². The molecule has 2 aromatic heterocycles. The van der Waals surface area contributed by atoms with Crippen LogP contribution >= 0.6 is 11.3 Å². The zero-order valence-electron chi connectivity index (χ0n) is 13.8. The lowest BCUT2D eigenvalue weighted by molar-refractivity contribution is 0.278. The molecule has 3 nitrogen and oxygen atoms in total. The average molecular weight is 341 g/mol. The van der Waals surface area contributed by atoms with Gasteiger partial charge in [0.15, 0.2) is 0 Å². The Hall–Kier alpha value is -2.11. The molecule has 0 saturated heterocycles. The first kappa shape index (κ1) is 16.7. The van der Waals surface area contributed by atoms with Crippen molar-refractivity contribution in [1.82, 2.24) is 14.9 Å². The summed E-state index contributed by atoms with van der Waals surface area (Å²) in [5, 5.41) is 0. The lowest BCUT2D eigenvalue weighted by atomic mass is 10.0. The minimum absolute atomic E-state index is 0.0740. The van der Waals surface area contributed by atoms with Gasteiger partial charge in [-0.05, 0) is 50.2 Å². The van der Waals surface area contributed by atoms with E-state index < -0.39 is 0 Å². The first-order valence-electron chi connectivity index (χ1n) is 7.91. The standard InChI is InChI=1S/C19H20FN3S/c1-14-18(24-13-22-14)9-11-23(2)19(17-8-3-4-10-21-17)15-6-5-7-16(20)12-15/h3-8,10,12-13,19H,9,11H2,1-2H3. The van der Waals surface area contributed by atoms with Crippen molar-refractivity contribution in [3.05, 3.63) is 81.8 Å². The summed E-state index contributed by atoms with van der Waals surface area (Å²) in [6.07, 6.45) is 2.70. The summed E-state index contributed by atoms with van der Waals surface area (Å²) in [5.74, 6) is -0.222. The molecule has 1 atom stereocenters. The van der Waals surface area contributed by atoms with Gasteiger partial charge in [-0.1, -0.05) is 18.2 Å². The predicted octanol–water partition coefficient (Wildman–Crippen LogP) is 4.25. The third-order valence-corrected chi connectivity index (χ3v) is 5.10. The molecule has 1 aromatic carbocycles. The fraction of sp³-hybridized carbons (Fsp3) is 0.263. The van der Waals surface area contributed by atoms with Crippen LogP contribution in [0.3, 0.4) is 0 Å². The van der Waals surface area contributed by atoms with E-state index in [1.807, 2.05) is 36.7 Å². The van der Waals surface area contributed by atoms with Gasteiger partial charge < -0.3 is 0 Å². The molecule has 2 heterocycles. The van der Waals surface area contributed by atoms with Crippen molar-refractivity contribution in [2.24, 2.45) is 0 Å². The van der Waals surface area contributed by atoms with Crippen molar-refractivity contribution in [2.75, 3.05) is 13.6 Å². The van der Waals surface area contributed by atoms with Crippen molar-refractivity contribution < 1.29 is 4.39 Å².